The first kappa shape index (κ1) is 27.1. The fourth-order valence-electron chi connectivity index (χ4n) is 4.67. The van der Waals surface area contributed by atoms with Gasteiger partial charge in [-0.1, -0.05) is 72.0 Å². The zero-order valence-electron chi connectivity index (χ0n) is 23.0. The zero-order chi connectivity index (χ0) is 28.2. The predicted octanol–water partition coefficient (Wildman–Crippen LogP) is 4.44. The summed E-state index contributed by atoms with van der Waals surface area (Å²) in [6, 6.07) is 24.8. The number of fused-ring (bicyclic) bond motifs is 1. The molecule has 3 aromatic carbocycles. The van der Waals surface area contributed by atoms with Gasteiger partial charge in [0.25, 0.3) is 5.56 Å². The van der Waals surface area contributed by atoms with Crippen LogP contribution in [0.3, 0.4) is 0 Å². The molecule has 5 rings (SSSR count). The number of allylic oxidation sites excluding steroid dienone is 1. The van der Waals surface area contributed by atoms with E-state index in [0.29, 0.717) is 33.0 Å². The maximum absolute atomic E-state index is 14.0. The Morgan fingerprint density at radius 1 is 1.02 bits per heavy atom. The summed E-state index contributed by atoms with van der Waals surface area (Å²) < 4.78 is 13.6. The molecular formula is C32H31N3O4S. The maximum Gasteiger partial charge on any atom is 0.338 e. The predicted molar refractivity (Wildman–Crippen MR) is 158 cm³/mol. The summed E-state index contributed by atoms with van der Waals surface area (Å²) in [5, 5.41) is 0. The van der Waals surface area contributed by atoms with Crippen molar-refractivity contribution in [2.45, 2.75) is 26.5 Å². The van der Waals surface area contributed by atoms with Gasteiger partial charge in [0.2, 0.25) is 0 Å². The van der Waals surface area contributed by atoms with E-state index >= 15 is 0 Å². The van der Waals surface area contributed by atoms with Gasteiger partial charge in [-0.3, -0.25) is 9.36 Å². The van der Waals surface area contributed by atoms with Gasteiger partial charge >= 0.3 is 5.97 Å². The van der Waals surface area contributed by atoms with Crippen molar-refractivity contribution in [3.63, 3.8) is 0 Å². The van der Waals surface area contributed by atoms with Crippen molar-refractivity contribution in [2.75, 3.05) is 25.6 Å². The Kier molecular flexibility index (Phi) is 7.98. The van der Waals surface area contributed by atoms with E-state index in [-0.39, 0.29) is 12.2 Å². The quantitative estimate of drug-likeness (QED) is 0.302. The molecule has 2 heterocycles. The molecular weight excluding hydrogens is 522 g/mol. The Bertz CT molecular complexity index is 1740. The molecule has 40 heavy (non-hydrogen) atoms. The van der Waals surface area contributed by atoms with Gasteiger partial charge in [-0.25, -0.2) is 9.79 Å². The Balaban J connectivity index is 1.60. The number of para-hydroxylation sites is 1. The van der Waals surface area contributed by atoms with E-state index in [1.165, 1.54) is 11.3 Å². The Labute approximate surface area is 237 Å². The largest absolute Gasteiger partial charge is 0.488 e. The van der Waals surface area contributed by atoms with Crippen LogP contribution in [0.15, 0.2) is 99.9 Å². The molecule has 8 heteroatoms. The summed E-state index contributed by atoms with van der Waals surface area (Å²) in [5.74, 6) is 0.204. The maximum atomic E-state index is 14.0. The van der Waals surface area contributed by atoms with Crippen LogP contribution in [0.2, 0.25) is 0 Å². The molecule has 0 bridgehead atoms. The highest BCUT2D eigenvalue weighted by atomic mass is 32.1. The number of hydrogen-bond donors (Lipinski definition) is 0. The fourth-order valence-corrected chi connectivity index (χ4v) is 5.71. The molecule has 1 aliphatic heterocycles. The molecule has 1 aromatic heterocycles. The Morgan fingerprint density at radius 2 is 1.73 bits per heavy atom. The molecule has 0 N–H and O–H groups in total. The van der Waals surface area contributed by atoms with Crippen LogP contribution < -0.4 is 24.5 Å². The minimum atomic E-state index is -0.654. The number of carbonyl (C=O) groups is 1. The van der Waals surface area contributed by atoms with Crippen LogP contribution in [0.4, 0.5) is 5.69 Å². The van der Waals surface area contributed by atoms with Crippen molar-refractivity contribution in [3.8, 4) is 5.75 Å². The minimum Gasteiger partial charge on any atom is -0.488 e. The molecule has 4 aromatic rings. The van der Waals surface area contributed by atoms with E-state index in [9.17, 15) is 9.59 Å². The monoisotopic (exact) mass is 553 g/mol. The van der Waals surface area contributed by atoms with Crippen molar-refractivity contribution in [3.05, 3.63) is 127 Å². The number of aromatic nitrogens is 1. The van der Waals surface area contributed by atoms with Crippen molar-refractivity contribution < 1.29 is 14.3 Å². The number of esters is 1. The van der Waals surface area contributed by atoms with Gasteiger partial charge in [0.05, 0.1) is 28.5 Å². The van der Waals surface area contributed by atoms with Crippen molar-refractivity contribution in [1.29, 1.82) is 0 Å². The topological polar surface area (TPSA) is 73.1 Å². The minimum absolute atomic E-state index is 0.224. The van der Waals surface area contributed by atoms with E-state index in [1.54, 1.807) is 18.4 Å². The molecule has 0 saturated heterocycles. The second kappa shape index (κ2) is 11.8. The van der Waals surface area contributed by atoms with E-state index in [4.69, 9.17) is 9.47 Å². The number of nitrogens with zero attached hydrogens (tertiary/aromatic N) is 3. The van der Waals surface area contributed by atoms with Gasteiger partial charge < -0.3 is 14.4 Å². The fraction of sp³-hybridized carbons (Fsp3) is 0.219. The summed E-state index contributed by atoms with van der Waals surface area (Å²) in [6.45, 7) is 4.20. The molecule has 0 unspecified atom stereocenters. The Hall–Kier alpha value is -4.43. The van der Waals surface area contributed by atoms with Crippen LogP contribution in [0.25, 0.3) is 6.08 Å². The lowest BCUT2D eigenvalue weighted by molar-refractivity contribution is -0.139. The van der Waals surface area contributed by atoms with Crippen molar-refractivity contribution >= 4 is 29.1 Å². The summed E-state index contributed by atoms with van der Waals surface area (Å²) in [5.41, 5.74) is 4.35. The average Bonchev–Trinajstić information content (AvgIpc) is 3.26. The molecule has 1 aliphatic rings. The second-order valence-electron chi connectivity index (χ2n) is 9.60. The summed E-state index contributed by atoms with van der Waals surface area (Å²) in [7, 11) is 3.93. The molecule has 0 radical (unpaired) electrons. The second-order valence-corrected chi connectivity index (χ2v) is 10.6. The first-order valence-corrected chi connectivity index (χ1v) is 13.9. The first-order chi connectivity index (χ1) is 19.4. The van der Waals surface area contributed by atoms with E-state index in [0.717, 1.165) is 22.4 Å². The van der Waals surface area contributed by atoms with Gasteiger partial charge in [0.15, 0.2) is 4.80 Å². The Morgan fingerprint density at radius 3 is 2.42 bits per heavy atom. The molecule has 1 atom stereocenters. The molecule has 0 spiro atoms. The average molecular weight is 554 g/mol. The number of carbonyl (C=O) groups excluding carboxylic acids is 1. The number of anilines is 1. The van der Waals surface area contributed by atoms with E-state index in [1.807, 2.05) is 104 Å². The lowest BCUT2D eigenvalue weighted by atomic mass is 9.95. The van der Waals surface area contributed by atoms with Crippen LogP contribution in [0.5, 0.6) is 5.75 Å². The number of rotatable bonds is 8. The number of hydrogen-bond acceptors (Lipinski definition) is 7. The highest BCUT2D eigenvalue weighted by molar-refractivity contribution is 7.07. The SMILES string of the molecule is CCOC(=O)C1=C(C)N=c2s/c(=C\c3ccccc3OCc3ccccc3)c(=O)n2[C@@H]1c1ccc(N(C)C)cc1. The third kappa shape index (κ3) is 5.49. The van der Waals surface area contributed by atoms with Crippen LogP contribution in [0.1, 0.15) is 36.6 Å². The standard InChI is InChI=1S/C32H31N3O4S/c1-5-38-31(37)28-21(2)33-32-35(29(28)23-15-17-25(18-16-23)34(3)4)30(36)27(40-32)19-24-13-9-10-14-26(24)39-20-22-11-7-6-8-12-22/h6-19,29H,5,20H2,1-4H3/b27-19-/t29-/m1/s1. The number of benzene rings is 3. The van der Waals surface area contributed by atoms with Crippen molar-refractivity contribution in [2.24, 2.45) is 4.99 Å². The van der Waals surface area contributed by atoms with Crippen molar-refractivity contribution in [1.82, 2.24) is 4.57 Å². The van der Waals surface area contributed by atoms with E-state index in [2.05, 4.69) is 4.99 Å². The number of thiazole rings is 1. The highest BCUT2D eigenvalue weighted by Crippen LogP contribution is 2.31. The molecule has 0 aliphatic carbocycles. The number of ether oxygens (including phenoxy) is 2. The normalized spacial score (nSPS) is 14.9. The van der Waals surface area contributed by atoms with Crippen LogP contribution in [-0.2, 0) is 16.1 Å². The van der Waals surface area contributed by atoms with Crippen LogP contribution in [-0.4, -0.2) is 31.2 Å². The van der Waals surface area contributed by atoms with Gasteiger partial charge in [-0.05, 0) is 49.2 Å². The van der Waals surface area contributed by atoms with Gasteiger partial charge in [-0.15, -0.1) is 0 Å². The molecule has 0 fully saturated rings. The molecule has 0 amide bonds. The van der Waals surface area contributed by atoms with Crippen LogP contribution >= 0.6 is 11.3 Å². The summed E-state index contributed by atoms with van der Waals surface area (Å²) >= 11 is 1.30. The first-order valence-electron chi connectivity index (χ1n) is 13.1. The lowest BCUT2D eigenvalue weighted by Gasteiger charge is -2.25. The third-order valence-corrected chi connectivity index (χ3v) is 7.67. The van der Waals surface area contributed by atoms with Gasteiger partial charge in [0, 0.05) is 25.3 Å². The third-order valence-electron chi connectivity index (χ3n) is 6.69. The lowest BCUT2D eigenvalue weighted by Crippen LogP contribution is -2.40. The summed E-state index contributed by atoms with van der Waals surface area (Å²) in [6.07, 6.45) is 1.83. The smallest absolute Gasteiger partial charge is 0.338 e. The molecule has 0 saturated carbocycles. The highest BCUT2D eigenvalue weighted by Gasteiger charge is 2.33. The van der Waals surface area contributed by atoms with Gasteiger partial charge in [-0.2, -0.15) is 0 Å². The molecule has 7 nitrogen and oxygen atoms in total. The van der Waals surface area contributed by atoms with Crippen LogP contribution in [0, 0.1) is 0 Å². The summed E-state index contributed by atoms with van der Waals surface area (Å²) in [4.78, 5) is 34.3. The van der Waals surface area contributed by atoms with Gasteiger partial charge in [0.1, 0.15) is 12.4 Å². The zero-order valence-corrected chi connectivity index (χ0v) is 23.8. The molecule has 204 valence electrons. The van der Waals surface area contributed by atoms with E-state index < -0.39 is 12.0 Å².